The van der Waals surface area contributed by atoms with Gasteiger partial charge in [0.25, 0.3) is 0 Å². The van der Waals surface area contributed by atoms with Crippen molar-refractivity contribution < 1.29 is 23.9 Å². The van der Waals surface area contributed by atoms with Crippen molar-refractivity contribution in [3.63, 3.8) is 0 Å². The highest BCUT2D eigenvalue weighted by Gasteiger charge is 2.37. The monoisotopic (exact) mass is 500 g/mol. The second kappa shape index (κ2) is 11.3. The molecule has 0 radical (unpaired) electrons. The van der Waals surface area contributed by atoms with Crippen molar-refractivity contribution >= 4 is 18.0 Å². The maximum Gasteiger partial charge on any atom is 0.411 e. The molecule has 3 aromatic carbocycles. The Bertz CT molecular complexity index is 1250. The van der Waals surface area contributed by atoms with E-state index < -0.39 is 23.7 Å². The summed E-state index contributed by atoms with van der Waals surface area (Å²) in [6.45, 7) is 5.82. The molecule has 2 amide bonds. The van der Waals surface area contributed by atoms with E-state index in [4.69, 9.17) is 9.47 Å². The molecule has 4 rings (SSSR count). The summed E-state index contributed by atoms with van der Waals surface area (Å²) in [5.74, 6) is -0.382. The number of nitrogens with one attached hydrogen (secondary N) is 1. The van der Waals surface area contributed by atoms with Gasteiger partial charge in [-0.3, -0.25) is 14.5 Å². The number of carbonyl (C=O) groups excluding carboxylic acids is 3. The first-order valence-electron chi connectivity index (χ1n) is 12.4. The highest BCUT2D eigenvalue weighted by atomic mass is 16.6. The third-order valence-electron chi connectivity index (χ3n) is 5.98. The van der Waals surface area contributed by atoms with Crippen LogP contribution in [-0.4, -0.2) is 41.6 Å². The Hall–Kier alpha value is -4.13. The lowest BCUT2D eigenvalue weighted by Gasteiger charge is -2.37. The quantitative estimate of drug-likeness (QED) is 0.367. The predicted octanol–water partition coefficient (Wildman–Crippen LogP) is 5.30. The van der Waals surface area contributed by atoms with Crippen LogP contribution in [0, 0.1) is 0 Å². The molecule has 1 N–H and O–H groups in total. The Morgan fingerprint density at radius 2 is 1.54 bits per heavy atom. The first-order valence-corrected chi connectivity index (χ1v) is 12.4. The molecule has 1 heterocycles. The zero-order valence-corrected chi connectivity index (χ0v) is 21.4. The average molecular weight is 501 g/mol. The summed E-state index contributed by atoms with van der Waals surface area (Å²) < 4.78 is 11.0. The van der Waals surface area contributed by atoms with Gasteiger partial charge in [-0.1, -0.05) is 66.7 Å². The summed E-state index contributed by atoms with van der Waals surface area (Å²) >= 11 is 0. The third kappa shape index (κ3) is 6.76. The Kier molecular flexibility index (Phi) is 7.92. The molecule has 0 unspecified atom stereocenters. The van der Waals surface area contributed by atoms with Gasteiger partial charge in [0.05, 0.1) is 6.42 Å². The molecule has 0 fully saturated rings. The van der Waals surface area contributed by atoms with E-state index in [9.17, 15) is 14.4 Å². The lowest BCUT2D eigenvalue weighted by Crippen LogP contribution is -2.49. The number of esters is 1. The van der Waals surface area contributed by atoms with Crippen LogP contribution in [0.2, 0.25) is 0 Å². The molecule has 0 spiro atoms. The van der Waals surface area contributed by atoms with Crippen molar-refractivity contribution in [3.8, 4) is 16.9 Å². The maximum atomic E-state index is 13.2. The molecule has 7 nitrogen and oxygen atoms in total. The van der Waals surface area contributed by atoms with Crippen molar-refractivity contribution in [1.29, 1.82) is 0 Å². The predicted molar refractivity (Wildman–Crippen MR) is 141 cm³/mol. The van der Waals surface area contributed by atoms with Gasteiger partial charge in [0.1, 0.15) is 17.4 Å². The Labute approximate surface area is 217 Å². The van der Waals surface area contributed by atoms with E-state index in [1.807, 2.05) is 66.7 Å². The van der Waals surface area contributed by atoms with Crippen molar-refractivity contribution in [2.75, 3.05) is 13.1 Å². The third-order valence-corrected chi connectivity index (χ3v) is 5.98. The summed E-state index contributed by atoms with van der Waals surface area (Å²) in [5.41, 5.74) is 3.19. The van der Waals surface area contributed by atoms with E-state index in [0.717, 1.165) is 22.3 Å². The van der Waals surface area contributed by atoms with Crippen LogP contribution in [0.4, 0.5) is 4.79 Å². The van der Waals surface area contributed by atoms with Gasteiger partial charge in [-0.25, -0.2) is 4.79 Å². The first kappa shape index (κ1) is 25.9. The number of carbonyl (C=O) groups is 3. The molecule has 192 valence electrons. The number of amides is 2. The van der Waals surface area contributed by atoms with Gasteiger partial charge in [0.2, 0.25) is 5.91 Å². The number of rotatable bonds is 6. The molecule has 1 aliphatic heterocycles. The molecule has 0 aliphatic carbocycles. The first-order chi connectivity index (χ1) is 17.7. The Morgan fingerprint density at radius 1 is 0.892 bits per heavy atom. The van der Waals surface area contributed by atoms with Crippen LogP contribution in [0.3, 0.4) is 0 Å². The summed E-state index contributed by atoms with van der Waals surface area (Å²) in [6.07, 6.45) is 0.0854. The zero-order chi connectivity index (χ0) is 26.4. The molecule has 1 atom stereocenters. The number of hydrogen-bond acceptors (Lipinski definition) is 5. The molecule has 0 bridgehead atoms. The lowest BCUT2D eigenvalue weighted by molar-refractivity contribution is -0.134. The fraction of sp³-hybridized carbons (Fsp3) is 0.300. The fourth-order valence-electron chi connectivity index (χ4n) is 4.28. The standard InChI is InChI=1S/C30H32N2O5/c1-30(2,3)37-29(35)32-20-18-23-11-7-8-12-25(23)27(32)28(34)31-19-17-26(33)36-24-15-13-22(14-16-24)21-9-5-4-6-10-21/h4-16,27H,17-20H2,1-3H3,(H,31,34)/t27-/m0/s1. The Morgan fingerprint density at radius 3 is 2.24 bits per heavy atom. The van der Waals surface area contributed by atoms with E-state index in [-0.39, 0.29) is 18.9 Å². The lowest BCUT2D eigenvalue weighted by atomic mass is 9.92. The van der Waals surface area contributed by atoms with Crippen molar-refractivity contribution in [2.24, 2.45) is 0 Å². The van der Waals surface area contributed by atoms with Crippen LogP contribution in [0.15, 0.2) is 78.9 Å². The molecule has 3 aromatic rings. The van der Waals surface area contributed by atoms with Gasteiger partial charge in [-0.2, -0.15) is 0 Å². The molecule has 1 aliphatic rings. The largest absolute Gasteiger partial charge is 0.444 e. The zero-order valence-electron chi connectivity index (χ0n) is 21.4. The Balaban J connectivity index is 1.35. The molecular weight excluding hydrogens is 468 g/mol. The molecule has 7 heteroatoms. The van der Waals surface area contributed by atoms with E-state index in [1.165, 1.54) is 4.90 Å². The smallest absolute Gasteiger partial charge is 0.411 e. The maximum absolute atomic E-state index is 13.2. The van der Waals surface area contributed by atoms with Crippen LogP contribution in [0.25, 0.3) is 11.1 Å². The van der Waals surface area contributed by atoms with Crippen molar-refractivity contribution in [1.82, 2.24) is 10.2 Å². The average Bonchev–Trinajstić information content (AvgIpc) is 2.88. The fourth-order valence-corrected chi connectivity index (χ4v) is 4.28. The molecule has 0 saturated heterocycles. The highest BCUT2D eigenvalue weighted by molar-refractivity contribution is 5.88. The van der Waals surface area contributed by atoms with E-state index in [2.05, 4.69) is 5.32 Å². The van der Waals surface area contributed by atoms with Gasteiger partial charge in [0, 0.05) is 13.1 Å². The summed E-state index contributed by atoms with van der Waals surface area (Å²) in [7, 11) is 0. The number of hydrogen-bond donors (Lipinski definition) is 1. The summed E-state index contributed by atoms with van der Waals surface area (Å²) in [4.78, 5) is 40.0. The van der Waals surface area contributed by atoms with Crippen LogP contribution in [-0.2, 0) is 20.7 Å². The number of nitrogens with zero attached hydrogens (tertiary/aromatic N) is 1. The number of fused-ring (bicyclic) bond motifs is 1. The normalized spacial score (nSPS) is 14.9. The van der Waals surface area contributed by atoms with E-state index >= 15 is 0 Å². The minimum Gasteiger partial charge on any atom is -0.444 e. The topological polar surface area (TPSA) is 84.9 Å². The second-order valence-corrected chi connectivity index (χ2v) is 9.93. The van der Waals surface area contributed by atoms with Gasteiger partial charge in [0.15, 0.2) is 0 Å². The number of ether oxygens (including phenoxy) is 2. The van der Waals surface area contributed by atoms with Crippen molar-refractivity contribution in [3.05, 3.63) is 90.0 Å². The molecular formula is C30H32N2O5. The van der Waals surface area contributed by atoms with Crippen LogP contribution >= 0.6 is 0 Å². The molecule has 0 saturated carbocycles. The van der Waals surface area contributed by atoms with Gasteiger partial charge in [-0.05, 0) is 61.6 Å². The van der Waals surface area contributed by atoms with Crippen LogP contribution < -0.4 is 10.1 Å². The SMILES string of the molecule is CC(C)(C)OC(=O)N1CCc2ccccc2[C@H]1C(=O)NCCC(=O)Oc1ccc(-c2ccccc2)cc1. The van der Waals surface area contributed by atoms with Crippen molar-refractivity contribution in [2.45, 2.75) is 45.3 Å². The van der Waals surface area contributed by atoms with E-state index in [0.29, 0.717) is 18.7 Å². The highest BCUT2D eigenvalue weighted by Crippen LogP contribution is 2.31. The summed E-state index contributed by atoms with van der Waals surface area (Å²) in [5, 5.41) is 2.80. The van der Waals surface area contributed by atoms with Crippen LogP contribution in [0.1, 0.15) is 44.4 Å². The van der Waals surface area contributed by atoms with Gasteiger partial charge in [-0.15, -0.1) is 0 Å². The van der Waals surface area contributed by atoms with E-state index in [1.54, 1.807) is 32.9 Å². The van der Waals surface area contributed by atoms with Crippen LogP contribution in [0.5, 0.6) is 5.75 Å². The molecule has 37 heavy (non-hydrogen) atoms. The molecule has 0 aromatic heterocycles. The second-order valence-electron chi connectivity index (χ2n) is 9.93. The van der Waals surface area contributed by atoms with Gasteiger partial charge < -0.3 is 14.8 Å². The summed E-state index contributed by atoms with van der Waals surface area (Å²) in [6, 6.07) is 23.9. The number of benzene rings is 3. The minimum atomic E-state index is -0.832. The minimum absolute atomic E-state index is 0.00696. The van der Waals surface area contributed by atoms with Gasteiger partial charge >= 0.3 is 12.1 Å².